The van der Waals surface area contributed by atoms with Crippen LogP contribution >= 0.6 is 0 Å². The highest BCUT2D eigenvalue weighted by Gasteiger charge is 2.36. The zero-order valence-corrected chi connectivity index (χ0v) is 13.1. The van der Waals surface area contributed by atoms with Gasteiger partial charge in [0, 0.05) is 11.6 Å². The molecule has 0 aromatic rings. The molecule has 1 fully saturated rings. The molecule has 1 amide bonds. The number of amides is 1. The number of hydrogen-bond donors (Lipinski definition) is 2. The third kappa shape index (κ3) is 5.81. The third-order valence-corrected chi connectivity index (χ3v) is 3.88. The molecule has 0 saturated heterocycles. The summed E-state index contributed by atoms with van der Waals surface area (Å²) in [5.41, 5.74) is -0.477. The second-order valence-electron chi connectivity index (χ2n) is 6.84. The van der Waals surface area contributed by atoms with Crippen molar-refractivity contribution in [2.45, 2.75) is 83.4 Å². The van der Waals surface area contributed by atoms with Gasteiger partial charge < -0.3 is 15.4 Å². The Bertz CT molecular complexity index is 291. The molecule has 0 aromatic carbocycles. The standard InChI is InChI=1S/C15H30N2O2/c1-12(16-5)8-11-15(9-6-7-10-15)17-13(18)19-14(2,3)4/h12,16H,6-11H2,1-5H3,(H,17,18). The summed E-state index contributed by atoms with van der Waals surface area (Å²) < 4.78 is 5.39. The Morgan fingerprint density at radius 1 is 1.32 bits per heavy atom. The van der Waals surface area contributed by atoms with Crippen molar-refractivity contribution in [2.75, 3.05) is 7.05 Å². The predicted octanol–water partition coefficient (Wildman–Crippen LogP) is 3.21. The number of hydrogen-bond acceptors (Lipinski definition) is 3. The fourth-order valence-electron chi connectivity index (χ4n) is 2.65. The van der Waals surface area contributed by atoms with E-state index in [0.717, 1.165) is 25.7 Å². The minimum atomic E-state index is -0.428. The molecule has 0 radical (unpaired) electrons. The smallest absolute Gasteiger partial charge is 0.408 e. The molecule has 0 spiro atoms. The summed E-state index contributed by atoms with van der Waals surface area (Å²) in [7, 11) is 1.98. The van der Waals surface area contributed by atoms with Crippen LogP contribution in [0.2, 0.25) is 0 Å². The Balaban J connectivity index is 2.54. The Hall–Kier alpha value is -0.770. The average Bonchev–Trinajstić information content (AvgIpc) is 2.72. The molecule has 1 unspecified atom stereocenters. The summed E-state index contributed by atoms with van der Waals surface area (Å²) in [6, 6.07) is 0.484. The van der Waals surface area contributed by atoms with Crippen LogP contribution < -0.4 is 10.6 Å². The summed E-state index contributed by atoms with van der Waals surface area (Å²) >= 11 is 0. The van der Waals surface area contributed by atoms with Crippen LogP contribution in [-0.4, -0.2) is 30.3 Å². The lowest BCUT2D eigenvalue weighted by molar-refractivity contribution is 0.0447. The van der Waals surface area contributed by atoms with Gasteiger partial charge in [-0.2, -0.15) is 0 Å². The van der Waals surface area contributed by atoms with Gasteiger partial charge in [0.15, 0.2) is 0 Å². The van der Waals surface area contributed by atoms with Crippen molar-refractivity contribution < 1.29 is 9.53 Å². The molecule has 2 N–H and O–H groups in total. The molecule has 0 bridgehead atoms. The van der Waals surface area contributed by atoms with Crippen LogP contribution in [0.3, 0.4) is 0 Å². The Labute approximate surface area is 117 Å². The van der Waals surface area contributed by atoms with Crippen molar-refractivity contribution in [1.82, 2.24) is 10.6 Å². The minimum absolute atomic E-state index is 0.0482. The van der Waals surface area contributed by atoms with Gasteiger partial charge in [0.05, 0.1) is 0 Å². The fourth-order valence-corrected chi connectivity index (χ4v) is 2.65. The molecule has 1 aliphatic carbocycles. The van der Waals surface area contributed by atoms with Crippen molar-refractivity contribution in [3.63, 3.8) is 0 Å². The summed E-state index contributed by atoms with van der Waals surface area (Å²) in [5, 5.41) is 6.39. The van der Waals surface area contributed by atoms with Crippen molar-refractivity contribution in [3.05, 3.63) is 0 Å². The van der Waals surface area contributed by atoms with E-state index >= 15 is 0 Å². The molecule has 1 atom stereocenters. The molecule has 4 heteroatoms. The van der Waals surface area contributed by atoms with Crippen molar-refractivity contribution in [2.24, 2.45) is 0 Å². The summed E-state index contributed by atoms with van der Waals surface area (Å²) in [4.78, 5) is 12.0. The largest absolute Gasteiger partial charge is 0.444 e. The predicted molar refractivity (Wildman–Crippen MR) is 78.3 cm³/mol. The van der Waals surface area contributed by atoms with Gasteiger partial charge in [-0.05, 0) is 60.4 Å². The molecule has 1 saturated carbocycles. The van der Waals surface area contributed by atoms with E-state index in [1.165, 1.54) is 12.8 Å². The number of carbonyl (C=O) groups excluding carboxylic acids is 1. The molecule has 1 aliphatic rings. The monoisotopic (exact) mass is 270 g/mol. The molecule has 0 heterocycles. The van der Waals surface area contributed by atoms with E-state index in [2.05, 4.69) is 17.6 Å². The van der Waals surface area contributed by atoms with Crippen molar-refractivity contribution in [3.8, 4) is 0 Å². The Kier molecular flexibility index (Phi) is 5.65. The van der Waals surface area contributed by atoms with Crippen molar-refractivity contribution >= 4 is 6.09 Å². The van der Waals surface area contributed by atoms with Gasteiger partial charge >= 0.3 is 6.09 Å². The van der Waals surface area contributed by atoms with Gasteiger partial charge in [0.1, 0.15) is 5.60 Å². The highest BCUT2D eigenvalue weighted by atomic mass is 16.6. The highest BCUT2D eigenvalue weighted by Crippen LogP contribution is 2.34. The molecule has 0 aliphatic heterocycles. The molecule has 19 heavy (non-hydrogen) atoms. The van der Waals surface area contributed by atoms with Crippen LogP contribution in [-0.2, 0) is 4.74 Å². The number of rotatable bonds is 5. The lowest BCUT2D eigenvalue weighted by Crippen LogP contribution is -2.48. The zero-order valence-electron chi connectivity index (χ0n) is 13.1. The molecular formula is C15H30N2O2. The van der Waals surface area contributed by atoms with Gasteiger partial charge in [-0.3, -0.25) is 0 Å². The van der Waals surface area contributed by atoms with E-state index in [9.17, 15) is 4.79 Å². The van der Waals surface area contributed by atoms with Crippen LogP contribution in [0.15, 0.2) is 0 Å². The van der Waals surface area contributed by atoms with Gasteiger partial charge in [0.2, 0.25) is 0 Å². The minimum Gasteiger partial charge on any atom is -0.444 e. The zero-order chi connectivity index (χ0) is 14.5. The molecule has 4 nitrogen and oxygen atoms in total. The quantitative estimate of drug-likeness (QED) is 0.806. The normalized spacial score (nSPS) is 20.1. The second-order valence-corrected chi connectivity index (χ2v) is 6.84. The maximum absolute atomic E-state index is 12.0. The van der Waals surface area contributed by atoms with Gasteiger partial charge in [-0.15, -0.1) is 0 Å². The number of carbonyl (C=O) groups is 1. The van der Waals surface area contributed by atoms with Crippen LogP contribution in [0.1, 0.15) is 66.2 Å². The van der Waals surface area contributed by atoms with E-state index in [1.807, 2.05) is 27.8 Å². The van der Waals surface area contributed by atoms with Crippen LogP contribution in [0.25, 0.3) is 0 Å². The average molecular weight is 270 g/mol. The van der Waals surface area contributed by atoms with Crippen LogP contribution in [0.5, 0.6) is 0 Å². The highest BCUT2D eigenvalue weighted by molar-refractivity contribution is 5.68. The van der Waals surface area contributed by atoms with E-state index in [0.29, 0.717) is 6.04 Å². The molecular weight excluding hydrogens is 240 g/mol. The number of nitrogens with one attached hydrogen (secondary N) is 2. The SMILES string of the molecule is CNC(C)CCC1(NC(=O)OC(C)(C)C)CCCC1. The number of alkyl carbamates (subject to hydrolysis) is 1. The summed E-state index contributed by atoms with van der Waals surface area (Å²) in [6.45, 7) is 7.88. The van der Waals surface area contributed by atoms with Crippen molar-refractivity contribution in [1.29, 1.82) is 0 Å². The first kappa shape index (κ1) is 16.3. The van der Waals surface area contributed by atoms with Gasteiger partial charge in [-0.1, -0.05) is 12.8 Å². The maximum atomic E-state index is 12.0. The first-order chi connectivity index (χ1) is 8.76. The lowest BCUT2D eigenvalue weighted by atomic mass is 9.90. The first-order valence-corrected chi connectivity index (χ1v) is 7.45. The summed E-state index contributed by atoms with van der Waals surface area (Å²) in [6.07, 6.45) is 6.37. The summed E-state index contributed by atoms with van der Waals surface area (Å²) in [5.74, 6) is 0. The van der Waals surface area contributed by atoms with E-state index < -0.39 is 5.60 Å². The molecule has 112 valence electrons. The van der Waals surface area contributed by atoms with E-state index in [-0.39, 0.29) is 11.6 Å². The molecule has 0 aromatic heterocycles. The van der Waals surface area contributed by atoms with Gasteiger partial charge in [-0.25, -0.2) is 4.79 Å². The van der Waals surface area contributed by atoms with Crippen LogP contribution in [0.4, 0.5) is 4.79 Å². The van der Waals surface area contributed by atoms with E-state index in [1.54, 1.807) is 0 Å². The fraction of sp³-hybridized carbons (Fsp3) is 0.933. The van der Waals surface area contributed by atoms with Crippen LogP contribution in [0, 0.1) is 0 Å². The number of ether oxygens (including phenoxy) is 1. The topological polar surface area (TPSA) is 50.4 Å². The second kappa shape index (κ2) is 6.60. The first-order valence-electron chi connectivity index (χ1n) is 7.45. The van der Waals surface area contributed by atoms with Gasteiger partial charge in [0.25, 0.3) is 0 Å². The molecule has 1 rings (SSSR count). The maximum Gasteiger partial charge on any atom is 0.408 e. The Morgan fingerprint density at radius 3 is 2.37 bits per heavy atom. The Morgan fingerprint density at radius 2 is 1.89 bits per heavy atom. The van der Waals surface area contributed by atoms with E-state index in [4.69, 9.17) is 4.74 Å². The third-order valence-electron chi connectivity index (χ3n) is 3.88. The lowest BCUT2D eigenvalue weighted by Gasteiger charge is -2.32.